The number of nitrogens with one attached hydrogen (secondary N) is 2. The molecule has 1 heterocycles. The molecule has 6 heteroatoms. The number of benzene rings is 2. The van der Waals surface area contributed by atoms with Gasteiger partial charge in [-0.2, -0.15) is 0 Å². The van der Waals surface area contributed by atoms with E-state index in [1.807, 2.05) is 24.3 Å². The number of ether oxygens (including phenoxy) is 1. The first kappa shape index (κ1) is 17.5. The van der Waals surface area contributed by atoms with Gasteiger partial charge in [0.05, 0.1) is 12.1 Å². The number of carbonyl (C=O) groups excluding carboxylic acids is 2. The van der Waals surface area contributed by atoms with E-state index in [2.05, 4.69) is 34.9 Å². The standard InChI is InChI=1S/C21H22N2O4/c1-12(24)18-10-19(20(25)22-18)23-21(26)27-11-17-15-8-4-2-6-13(15)14-7-3-5-9-16(14)17/h2-9,12,17-19,24H,10-11H2,1H3,(H,22,25)(H,23,26)/t12?,18-,19+/m1/s1. The molecule has 0 spiro atoms. The summed E-state index contributed by atoms with van der Waals surface area (Å²) in [5, 5.41) is 14.9. The van der Waals surface area contributed by atoms with Gasteiger partial charge < -0.3 is 20.5 Å². The Kier molecular flexibility index (Phi) is 4.58. The van der Waals surface area contributed by atoms with Gasteiger partial charge in [0.15, 0.2) is 0 Å². The topological polar surface area (TPSA) is 87.7 Å². The Labute approximate surface area is 157 Å². The van der Waals surface area contributed by atoms with E-state index in [0.29, 0.717) is 6.42 Å². The van der Waals surface area contributed by atoms with E-state index in [4.69, 9.17) is 4.74 Å². The van der Waals surface area contributed by atoms with Crippen LogP contribution in [0.3, 0.4) is 0 Å². The Hall–Kier alpha value is -2.86. The van der Waals surface area contributed by atoms with Crippen LogP contribution in [0.4, 0.5) is 4.79 Å². The predicted octanol–water partition coefficient (Wildman–Crippen LogP) is 2.16. The maximum Gasteiger partial charge on any atom is 0.407 e. The molecule has 0 bridgehead atoms. The highest BCUT2D eigenvalue weighted by Crippen LogP contribution is 2.44. The van der Waals surface area contributed by atoms with Crippen molar-refractivity contribution in [3.05, 3.63) is 59.7 Å². The zero-order valence-electron chi connectivity index (χ0n) is 15.0. The first-order chi connectivity index (χ1) is 13.0. The van der Waals surface area contributed by atoms with Crippen LogP contribution < -0.4 is 10.6 Å². The number of fused-ring (bicyclic) bond motifs is 3. The smallest absolute Gasteiger partial charge is 0.407 e. The summed E-state index contributed by atoms with van der Waals surface area (Å²) >= 11 is 0. The number of alkyl carbamates (subject to hydrolysis) is 1. The number of hydrogen-bond donors (Lipinski definition) is 3. The lowest BCUT2D eigenvalue weighted by Crippen LogP contribution is -2.41. The van der Waals surface area contributed by atoms with Crippen LogP contribution in [0.1, 0.15) is 30.4 Å². The highest BCUT2D eigenvalue weighted by Gasteiger charge is 2.36. The molecule has 1 aliphatic carbocycles. The van der Waals surface area contributed by atoms with Crippen LogP contribution in [0.15, 0.2) is 48.5 Å². The molecule has 1 saturated heterocycles. The number of amides is 2. The minimum absolute atomic E-state index is 0.0224. The summed E-state index contributed by atoms with van der Waals surface area (Å²) in [7, 11) is 0. The van der Waals surface area contributed by atoms with Crippen LogP contribution in [0, 0.1) is 0 Å². The minimum atomic E-state index is -0.680. The molecular formula is C21H22N2O4. The fourth-order valence-corrected chi connectivity index (χ4v) is 3.93. The zero-order chi connectivity index (χ0) is 19.0. The molecule has 0 aromatic heterocycles. The predicted molar refractivity (Wildman–Crippen MR) is 100 cm³/mol. The first-order valence-electron chi connectivity index (χ1n) is 9.14. The molecule has 4 rings (SSSR count). The Balaban J connectivity index is 1.42. The maximum atomic E-state index is 12.2. The van der Waals surface area contributed by atoms with E-state index < -0.39 is 18.2 Å². The van der Waals surface area contributed by atoms with E-state index in [1.165, 1.54) is 0 Å². The summed E-state index contributed by atoms with van der Waals surface area (Å²) in [4.78, 5) is 24.1. The molecule has 140 valence electrons. The molecule has 3 N–H and O–H groups in total. The molecule has 2 amide bonds. The van der Waals surface area contributed by atoms with E-state index in [0.717, 1.165) is 22.3 Å². The highest BCUT2D eigenvalue weighted by molar-refractivity contribution is 5.88. The van der Waals surface area contributed by atoms with Gasteiger partial charge in [-0.15, -0.1) is 0 Å². The van der Waals surface area contributed by atoms with Gasteiger partial charge in [-0.3, -0.25) is 4.79 Å². The third kappa shape index (κ3) is 3.28. The Morgan fingerprint density at radius 1 is 1.19 bits per heavy atom. The van der Waals surface area contributed by atoms with Crippen LogP contribution in [0.5, 0.6) is 0 Å². The van der Waals surface area contributed by atoms with Crippen molar-refractivity contribution in [2.24, 2.45) is 0 Å². The molecule has 6 nitrogen and oxygen atoms in total. The Morgan fingerprint density at radius 3 is 2.33 bits per heavy atom. The number of aliphatic hydroxyl groups excluding tert-OH is 1. The molecule has 27 heavy (non-hydrogen) atoms. The van der Waals surface area contributed by atoms with Gasteiger partial charge in [0.1, 0.15) is 12.6 Å². The fourth-order valence-electron chi connectivity index (χ4n) is 3.93. The summed E-state index contributed by atoms with van der Waals surface area (Å²) < 4.78 is 5.45. The van der Waals surface area contributed by atoms with Gasteiger partial charge >= 0.3 is 6.09 Å². The van der Waals surface area contributed by atoms with Crippen molar-refractivity contribution >= 4 is 12.0 Å². The summed E-state index contributed by atoms with van der Waals surface area (Å²) in [5.74, 6) is -0.319. The van der Waals surface area contributed by atoms with Crippen molar-refractivity contribution < 1.29 is 19.4 Å². The molecule has 3 atom stereocenters. The molecule has 2 aromatic rings. The summed E-state index contributed by atoms with van der Waals surface area (Å²) in [6, 6.07) is 15.2. The van der Waals surface area contributed by atoms with Crippen molar-refractivity contribution in [2.45, 2.75) is 37.5 Å². The highest BCUT2D eigenvalue weighted by atomic mass is 16.5. The molecule has 1 unspecified atom stereocenters. The zero-order valence-corrected chi connectivity index (χ0v) is 15.0. The number of aliphatic hydroxyl groups is 1. The number of hydrogen-bond acceptors (Lipinski definition) is 4. The van der Waals surface area contributed by atoms with E-state index in [9.17, 15) is 14.7 Å². The molecule has 0 radical (unpaired) electrons. The van der Waals surface area contributed by atoms with Crippen molar-refractivity contribution in [2.75, 3.05) is 6.61 Å². The van der Waals surface area contributed by atoms with E-state index in [-0.39, 0.29) is 24.5 Å². The number of carbonyl (C=O) groups is 2. The van der Waals surface area contributed by atoms with Crippen LogP contribution in [0.2, 0.25) is 0 Å². The minimum Gasteiger partial charge on any atom is -0.449 e. The molecule has 1 fully saturated rings. The fraction of sp³-hybridized carbons (Fsp3) is 0.333. The first-order valence-corrected chi connectivity index (χ1v) is 9.14. The Morgan fingerprint density at radius 2 is 1.78 bits per heavy atom. The summed E-state index contributed by atoms with van der Waals surface area (Å²) in [6.45, 7) is 1.81. The van der Waals surface area contributed by atoms with Crippen molar-refractivity contribution in [1.82, 2.24) is 10.6 Å². The second-order valence-corrected chi connectivity index (χ2v) is 7.11. The molecule has 2 aromatic carbocycles. The SMILES string of the molecule is CC(O)[C@H]1C[C@H](NC(=O)OCC2c3ccccc3-c3ccccc32)C(=O)N1. The largest absolute Gasteiger partial charge is 0.449 e. The van der Waals surface area contributed by atoms with Gasteiger partial charge in [0.25, 0.3) is 0 Å². The second-order valence-electron chi connectivity index (χ2n) is 7.11. The van der Waals surface area contributed by atoms with Gasteiger partial charge in [0, 0.05) is 5.92 Å². The van der Waals surface area contributed by atoms with Crippen LogP contribution in [-0.2, 0) is 9.53 Å². The molecule has 2 aliphatic rings. The Bertz CT molecular complexity index is 834. The lowest BCUT2D eigenvalue weighted by Gasteiger charge is -2.16. The van der Waals surface area contributed by atoms with Gasteiger partial charge in [-0.1, -0.05) is 48.5 Å². The summed E-state index contributed by atoms with van der Waals surface area (Å²) in [6.07, 6.45) is -0.938. The van der Waals surface area contributed by atoms with Gasteiger partial charge in [-0.05, 0) is 35.6 Å². The average Bonchev–Trinajstić information content (AvgIpc) is 3.19. The monoisotopic (exact) mass is 366 g/mol. The quantitative estimate of drug-likeness (QED) is 0.774. The third-order valence-corrected chi connectivity index (χ3v) is 5.35. The average molecular weight is 366 g/mol. The lowest BCUT2D eigenvalue weighted by molar-refractivity contribution is -0.121. The van der Waals surface area contributed by atoms with Crippen molar-refractivity contribution in [3.8, 4) is 11.1 Å². The van der Waals surface area contributed by atoms with Crippen LogP contribution >= 0.6 is 0 Å². The summed E-state index contributed by atoms with van der Waals surface area (Å²) in [5.41, 5.74) is 4.60. The van der Waals surface area contributed by atoms with Crippen LogP contribution in [-0.4, -0.2) is 41.9 Å². The normalized spacial score (nSPS) is 21.9. The second kappa shape index (κ2) is 7.04. The van der Waals surface area contributed by atoms with E-state index >= 15 is 0 Å². The lowest BCUT2D eigenvalue weighted by atomic mass is 9.98. The van der Waals surface area contributed by atoms with Crippen LogP contribution in [0.25, 0.3) is 11.1 Å². The van der Waals surface area contributed by atoms with E-state index in [1.54, 1.807) is 6.92 Å². The third-order valence-electron chi connectivity index (χ3n) is 5.35. The molecule has 0 saturated carbocycles. The van der Waals surface area contributed by atoms with Crippen molar-refractivity contribution in [1.29, 1.82) is 0 Å². The maximum absolute atomic E-state index is 12.2. The molecular weight excluding hydrogens is 344 g/mol. The van der Waals surface area contributed by atoms with Gasteiger partial charge in [-0.25, -0.2) is 4.79 Å². The molecule has 1 aliphatic heterocycles. The number of rotatable bonds is 4. The van der Waals surface area contributed by atoms with Crippen molar-refractivity contribution in [3.63, 3.8) is 0 Å². The van der Waals surface area contributed by atoms with Gasteiger partial charge in [0.2, 0.25) is 5.91 Å².